The number of nitrogens with zero attached hydrogens (tertiary/aromatic N) is 2. The van der Waals surface area contributed by atoms with Gasteiger partial charge in [0.15, 0.2) is 5.60 Å². The molecule has 84 heavy (non-hydrogen) atoms. The number of carbonyl (C=O) groups excluding carboxylic acids is 11. The molecule has 29 heteroatoms. The second kappa shape index (κ2) is 29.4. The van der Waals surface area contributed by atoms with Gasteiger partial charge < -0.3 is 85.6 Å². The van der Waals surface area contributed by atoms with E-state index < -0.39 is 145 Å². The fourth-order valence-electron chi connectivity index (χ4n) is 7.87. The second-order valence-electron chi connectivity index (χ2n) is 17.6. The summed E-state index contributed by atoms with van der Waals surface area (Å²) in [5.74, 6) is -8.92. The second-order valence-corrected chi connectivity index (χ2v) is 17.6. The van der Waals surface area contributed by atoms with Gasteiger partial charge in [-0.15, -0.1) is 0 Å². The summed E-state index contributed by atoms with van der Waals surface area (Å²) in [5, 5.41) is 0. The first-order valence-electron chi connectivity index (χ1n) is 25.0. The van der Waals surface area contributed by atoms with Crippen LogP contribution in [0, 0.1) is 6.92 Å². The molecule has 4 aromatic rings. The van der Waals surface area contributed by atoms with Gasteiger partial charge in [-0.05, 0) is 61.0 Å². The molecule has 0 saturated heterocycles. The Morgan fingerprint density at radius 1 is 0.417 bits per heavy atom. The first-order valence-corrected chi connectivity index (χ1v) is 25.0. The molecule has 2 aliphatic rings. The normalized spacial score (nSPS) is 11.9. The van der Waals surface area contributed by atoms with Gasteiger partial charge in [-0.1, -0.05) is 6.07 Å². The van der Waals surface area contributed by atoms with Crippen LogP contribution in [0.2, 0.25) is 0 Å². The van der Waals surface area contributed by atoms with E-state index in [9.17, 15) is 52.7 Å². The molecular formula is C55H56N2O27. The number of benzene rings is 4. The summed E-state index contributed by atoms with van der Waals surface area (Å²) >= 11 is 0. The Kier molecular flexibility index (Phi) is 22.0. The van der Waals surface area contributed by atoms with Crippen molar-refractivity contribution in [3.63, 3.8) is 0 Å². The molecule has 2 heterocycles. The minimum Gasteiger partial charge on any atom is -0.488 e. The van der Waals surface area contributed by atoms with E-state index in [1.165, 1.54) is 73.3 Å². The summed E-state index contributed by atoms with van der Waals surface area (Å²) in [6.45, 7) is 0.718. The first kappa shape index (κ1) is 62.8. The van der Waals surface area contributed by atoms with Gasteiger partial charge in [0.2, 0.25) is 40.8 Å². The maximum atomic E-state index is 14.6. The summed E-state index contributed by atoms with van der Waals surface area (Å²) in [7, 11) is 0. The molecule has 1 spiro atoms. The molecule has 0 fully saturated rings. The topological polar surface area (TPSA) is 342 Å². The smallest absolute Gasteiger partial charge is 0.340 e. The van der Waals surface area contributed by atoms with E-state index in [2.05, 4.69) is 0 Å². The molecule has 0 aromatic heterocycles. The number of carbonyl (C=O) groups is 11. The number of anilines is 2. The van der Waals surface area contributed by atoms with Gasteiger partial charge in [-0.2, -0.15) is 0 Å². The van der Waals surface area contributed by atoms with Crippen molar-refractivity contribution in [1.29, 1.82) is 0 Å². The van der Waals surface area contributed by atoms with Crippen LogP contribution < -0.4 is 33.5 Å². The third-order valence-electron chi connectivity index (χ3n) is 11.4. The molecule has 6 rings (SSSR count). The van der Waals surface area contributed by atoms with E-state index in [0.29, 0.717) is 5.56 Å². The standard InChI is InChI=1S/C55H56N2O27/c1-31-8-13-44(56(21-50(64)79-27-73-34(4)60)22-51(65)80-28-74-35(5)61)48(16-31)69-14-15-70-49-20-43-40(19-45(49)57(23-52(66)81-29-75-36(6)62)24-53(67)82-30-76-37(7)63)54(68)84-55(43)41-11-9-38(77-25-71-32(2)58)17-46(41)83-47-18-39(10-12-42(47)55)78-26-72-33(3)59/h8-13,16-20H,14-15,21-30H2,1-7H3. The van der Waals surface area contributed by atoms with Gasteiger partial charge in [-0.3, -0.25) is 47.9 Å². The van der Waals surface area contributed by atoms with Gasteiger partial charge in [0, 0.05) is 70.4 Å². The molecule has 0 N–H and O–H groups in total. The Hall–Kier alpha value is -10.4. The van der Waals surface area contributed by atoms with Crippen molar-refractivity contribution < 1.29 is 129 Å². The van der Waals surface area contributed by atoms with Crippen molar-refractivity contribution in [2.24, 2.45) is 0 Å². The monoisotopic (exact) mass is 1180 g/mol. The minimum atomic E-state index is -1.92. The van der Waals surface area contributed by atoms with E-state index in [4.69, 9.17) is 75.8 Å². The molecule has 4 aromatic carbocycles. The molecule has 0 unspecified atom stereocenters. The lowest BCUT2D eigenvalue weighted by molar-refractivity contribution is -0.167. The van der Waals surface area contributed by atoms with Crippen LogP contribution in [0.3, 0.4) is 0 Å². The van der Waals surface area contributed by atoms with Crippen LogP contribution in [0.25, 0.3) is 0 Å². The first-order chi connectivity index (χ1) is 40.0. The van der Waals surface area contributed by atoms with Crippen LogP contribution in [-0.2, 0) is 106 Å². The number of fused-ring (bicyclic) bond motifs is 6. The third-order valence-corrected chi connectivity index (χ3v) is 11.4. The summed E-state index contributed by atoms with van der Waals surface area (Å²) in [5.41, 5.74) is -0.887. The average Bonchev–Trinajstić information content (AvgIpc) is 1.76. The van der Waals surface area contributed by atoms with E-state index in [1.54, 1.807) is 19.1 Å². The fraction of sp³-hybridized carbons (Fsp3) is 0.364. The Morgan fingerprint density at radius 2 is 0.798 bits per heavy atom. The van der Waals surface area contributed by atoms with Crippen LogP contribution in [0.15, 0.2) is 66.7 Å². The quantitative estimate of drug-likeness (QED) is 0.0324. The molecule has 29 nitrogen and oxygen atoms in total. The SMILES string of the molecule is CC(=O)OCOC(=O)CN(CC(=O)OCOC(C)=O)c1ccc(C)cc1OCCOc1cc2c(cc1N(CC(=O)OCOC(C)=O)CC(=O)OCOC(C)=O)C(=O)OC21c2ccc(OCOC(C)=O)cc2Oc2cc(OCOC(C)=O)ccc21. The number of aryl methyl sites for hydroxylation is 1. The van der Waals surface area contributed by atoms with E-state index in [-0.39, 0.29) is 74.7 Å². The van der Waals surface area contributed by atoms with Gasteiger partial charge in [0.1, 0.15) is 73.9 Å². The average molecular weight is 1180 g/mol. The molecule has 0 atom stereocenters. The largest absolute Gasteiger partial charge is 0.488 e. The Morgan fingerprint density at radius 3 is 1.20 bits per heavy atom. The van der Waals surface area contributed by atoms with Crippen molar-refractivity contribution in [2.75, 3.05) is 90.0 Å². The van der Waals surface area contributed by atoms with Crippen LogP contribution in [0.1, 0.15) is 74.2 Å². The van der Waals surface area contributed by atoms with Crippen molar-refractivity contribution in [3.8, 4) is 34.5 Å². The van der Waals surface area contributed by atoms with E-state index >= 15 is 0 Å². The number of ether oxygens (including phenoxy) is 16. The zero-order valence-electron chi connectivity index (χ0n) is 46.3. The molecule has 0 aliphatic carbocycles. The number of esters is 11. The predicted molar refractivity (Wildman–Crippen MR) is 277 cm³/mol. The molecule has 0 amide bonds. The molecule has 0 saturated carbocycles. The highest BCUT2D eigenvalue weighted by molar-refractivity contribution is 5.99. The van der Waals surface area contributed by atoms with Gasteiger partial charge >= 0.3 is 65.7 Å². The Labute approximate surface area is 477 Å². The van der Waals surface area contributed by atoms with Gasteiger partial charge in [0.05, 0.1) is 16.9 Å². The Balaban J connectivity index is 1.45. The van der Waals surface area contributed by atoms with Gasteiger partial charge in [0.25, 0.3) is 0 Å². The van der Waals surface area contributed by atoms with Gasteiger partial charge in [-0.25, -0.2) is 4.79 Å². The van der Waals surface area contributed by atoms with Crippen LogP contribution >= 0.6 is 0 Å². The minimum absolute atomic E-state index is 0.0616. The lowest BCUT2D eigenvalue weighted by atomic mass is 9.77. The zero-order valence-corrected chi connectivity index (χ0v) is 46.3. The van der Waals surface area contributed by atoms with E-state index in [1.807, 2.05) is 0 Å². The predicted octanol–water partition coefficient (Wildman–Crippen LogP) is 3.69. The molecule has 448 valence electrons. The van der Waals surface area contributed by atoms with E-state index in [0.717, 1.165) is 32.6 Å². The maximum Gasteiger partial charge on any atom is 0.340 e. The summed E-state index contributed by atoms with van der Waals surface area (Å²) < 4.78 is 86.1. The molecular weight excluding hydrogens is 1120 g/mol. The van der Waals surface area contributed by atoms with Crippen molar-refractivity contribution in [1.82, 2.24) is 0 Å². The van der Waals surface area contributed by atoms with Crippen LogP contribution in [0.5, 0.6) is 34.5 Å². The third kappa shape index (κ3) is 17.6. The molecule has 0 radical (unpaired) electrons. The summed E-state index contributed by atoms with van der Waals surface area (Å²) in [6.07, 6.45) is 0. The highest BCUT2D eigenvalue weighted by atomic mass is 16.7. The molecule has 2 aliphatic heterocycles. The highest BCUT2D eigenvalue weighted by Gasteiger charge is 2.54. The zero-order chi connectivity index (χ0) is 61.1. The number of hydrogen-bond donors (Lipinski definition) is 0. The lowest BCUT2D eigenvalue weighted by Gasteiger charge is -2.37. The van der Waals surface area contributed by atoms with Crippen LogP contribution in [0.4, 0.5) is 11.4 Å². The fourth-order valence-corrected chi connectivity index (χ4v) is 7.87. The summed E-state index contributed by atoms with van der Waals surface area (Å²) in [4.78, 5) is 139. The van der Waals surface area contributed by atoms with Crippen molar-refractivity contribution >= 4 is 77.0 Å². The number of rotatable bonds is 29. The number of hydrogen-bond acceptors (Lipinski definition) is 29. The lowest BCUT2D eigenvalue weighted by Crippen LogP contribution is -2.37. The maximum absolute atomic E-state index is 14.6. The molecule has 0 bridgehead atoms. The summed E-state index contributed by atoms with van der Waals surface area (Å²) in [6, 6.07) is 16.3. The van der Waals surface area contributed by atoms with Crippen LogP contribution in [-0.4, -0.2) is 146 Å². The van der Waals surface area contributed by atoms with Crippen molar-refractivity contribution in [2.45, 2.75) is 54.1 Å². The Bertz CT molecular complexity index is 3040. The highest BCUT2D eigenvalue weighted by Crippen LogP contribution is 2.58. The van der Waals surface area contributed by atoms with Crippen molar-refractivity contribution in [3.05, 3.63) is 94.5 Å².